The first kappa shape index (κ1) is 26.7. The third-order valence-corrected chi connectivity index (χ3v) is 7.12. The van der Waals surface area contributed by atoms with E-state index in [1.54, 1.807) is 38.4 Å². The van der Waals surface area contributed by atoms with Gasteiger partial charge in [0.15, 0.2) is 0 Å². The molecule has 0 aliphatic heterocycles. The van der Waals surface area contributed by atoms with E-state index in [1.807, 2.05) is 42.6 Å². The van der Waals surface area contributed by atoms with Gasteiger partial charge in [0.2, 0.25) is 5.91 Å². The second-order valence-corrected chi connectivity index (χ2v) is 9.88. The van der Waals surface area contributed by atoms with Gasteiger partial charge in [-0.3, -0.25) is 4.79 Å². The Balaban J connectivity index is 1.79. The van der Waals surface area contributed by atoms with Crippen molar-refractivity contribution in [1.82, 2.24) is 10.3 Å². The van der Waals surface area contributed by atoms with Crippen molar-refractivity contribution in [3.05, 3.63) is 63.1 Å². The fourth-order valence-electron chi connectivity index (χ4n) is 4.30. The van der Waals surface area contributed by atoms with Crippen LogP contribution in [0.3, 0.4) is 0 Å². The number of rotatable bonds is 10. The number of carbonyl (C=O) groups is 2. The number of methoxy groups -OCH3 is 1. The molecule has 1 aliphatic rings. The first-order chi connectivity index (χ1) is 16.9. The summed E-state index contributed by atoms with van der Waals surface area (Å²) in [7, 11) is 1.65. The van der Waals surface area contributed by atoms with E-state index in [4.69, 9.17) is 14.5 Å². The zero-order valence-corrected chi connectivity index (χ0v) is 22.0. The maximum absolute atomic E-state index is 13.1. The number of hydrogen-bond donors (Lipinski definition) is 1. The summed E-state index contributed by atoms with van der Waals surface area (Å²) in [6.07, 6.45) is 9.75. The van der Waals surface area contributed by atoms with Crippen LogP contribution in [0.1, 0.15) is 75.2 Å². The summed E-state index contributed by atoms with van der Waals surface area (Å²) in [5, 5.41) is 6.15. The van der Waals surface area contributed by atoms with E-state index in [1.165, 1.54) is 6.42 Å². The molecule has 0 unspecified atom stereocenters. The molecular weight excluding hydrogens is 460 g/mol. The van der Waals surface area contributed by atoms with Gasteiger partial charge < -0.3 is 14.8 Å². The lowest BCUT2D eigenvalue weighted by molar-refractivity contribution is -0.138. The fraction of sp³-hybridized carbons (Fsp3) is 0.464. The van der Waals surface area contributed by atoms with E-state index >= 15 is 0 Å². The molecule has 1 aliphatic carbocycles. The number of aromatic nitrogens is 1. The molecule has 1 atom stereocenters. The van der Waals surface area contributed by atoms with Crippen LogP contribution in [0.25, 0.3) is 6.08 Å². The fourth-order valence-corrected chi connectivity index (χ4v) is 5.13. The Bertz CT molecular complexity index is 1050. The molecule has 0 spiro atoms. The highest BCUT2D eigenvalue weighted by molar-refractivity contribution is 7.09. The number of nitrogens with zero attached hydrogens (tertiary/aromatic N) is 1. The van der Waals surface area contributed by atoms with Crippen molar-refractivity contribution in [2.75, 3.05) is 13.7 Å². The van der Waals surface area contributed by atoms with E-state index in [0.29, 0.717) is 18.6 Å². The molecule has 1 heterocycles. The maximum atomic E-state index is 13.1. The third-order valence-electron chi connectivity index (χ3n) is 6.15. The standard InChI is InChI=1S/C28H36N2O4S/c1-5-34-28(32)20(3)15-19(2)16-23-18-35-27(29-23)25(17-21-11-13-24(33-4)14-12-21)30-26(31)22-9-7-6-8-10-22/h11-16,18,22,25H,5-10,17H2,1-4H3,(H,30,31)/b19-16+,20-15-/t25-/m0/s1. The first-order valence-corrected chi connectivity index (χ1v) is 13.2. The van der Waals surface area contributed by atoms with Crippen molar-refractivity contribution in [1.29, 1.82) is 0 Å². The number of amides is 1. The Kier molecular flexibility index (Phi) is 10.1. The summed E-state index contributed by atoms with van der Waals surface area (Å²) in [5.74, 6) is 0.698. The van der Waals surface area contributed by atoms with Gasteiger partial charge in [0, 0.05) is 16.9 Å². The second kappa shape index (κ2) is 13.2. The van der Waals surface area contributed by atoms with Crippen LogP contribution in [0.5, 0.6) is 5.75 Å². The van der Waals surface area contributed by atoms with Crippen molar-refractivity contribution in [3.63, 3.8) is 0 Å². The normalized spacial score (nSPS) is 16.0. The zero-order valence-electron chi connectivity index (χ0n) is 21.1. The van der Waals surface area contributed by atoms with Crippen molar-refractivity contribution in [2.24, 2.45) is 5.92 Å². The average molecular weight is 497 g/mol. The Morgan fingerprint density at radius 2 is 1.89 bits per heavy atom. The summed E-state index contributed by atoms with van der Waals surface area (Å²) in [6, 6.07) is 7.72. The van der Waals surface area contributed by atoms with Gasteiger partial charge in [-0.05, 0) is 75.5 Å². The molecule has 35 heavy (non-hydrogen) atoms. The Labute approximate surface area is 212 Å². The Hall–Kier alpha value is -2.93. The molecule has 1 saturated carbocycles. The summed E-state index contributed by atoms with van der Waals surface area (Å²) in [6.45, 7) is 5.82. The molecule has 1 aromatic carbocycles. The number of allylic oxidation sites excluding steroid dienone is 2. The monoisotopic (exact) mass is 496 g/mol. The summed E-state index contributed by atoms with van der Waals surface area (Å²) < 4.78 is 10.3. The molecule has 6 nitrogen and oxygen atoms in total. The number of hydrogen-bond acceptors (Lipinski definition) is 6. The molecule has 2 aromatic rings. The SMILES string of the molecule is CCOC(=O)/C(C)=C\C(C)=C\c1csc([C@H](Cc2ccc(OC)cc2)NC(=O)C2CCCCC2)n1. The Morgan fingerprint density at radius 1 is 1.17 bits per heavy atom. The predicted molar refractivity (Wildman–Crippen MR) is 140 cm³/mol. The van der Waals surface area contributed by atoms with E-state index in [2.05, 4.69) is 5.32 Å². The van der Waals surface area contributed by atoms with Crippen molar-refractivity contribution < 1.29 is 19.1 Å². The van der Waals surface area contributed by atoms with E-state index in [-0.39, 0.29) is 23.8 Å². The quantitative estimate of drug-likeness (QED) is 0.246. The van der Waals surface area contributed by atoms with Crippen molar-refractivity contribution in [2.45, 2.75) is 65.3 Å². The van der Waals surface area contributed by atoms with Crippen molar-refractivity contribution >= 4 is 29.3 Å². The molecule has 0 saturated heterocycles. The molecule has 1 fully saturated rings. The largest absolute Gasteiger partial charge is 0.497 e. The molecule has 1 N–H and O–H groups in total. The highest BCUT2D eigenvalue weighted by atomic mass is 32.1. The van der Waals surface area contributed by atoms with Crippen LogP contribution in [0.4, 0.5) is 0 Å². The summed E-state index contributed by atoms with van der Waals surface area (Å²) in [4.78, 5) is 29.8. The predicted octanol–water partition coefficient (Wildman–Crippen LogP) is 6.04. The molecule has 188 valence electrons. The van der Waals surface area contributed by atoms with Crippen LogP contribution in [0.2, 0.25) is 0 Å². The minimum absolute atomic E-state index is 0.0830. The topological polar surface area (TPSA) is 77.5 Å². The zero-order chi connectivity index (χ0) is 25.2. The van der Waals surface area contributed by atoms with E-state index in [9.17, 15) is 9.59 Å². The molecule has 7 heteroatoms. The van der Waals surface area contributed by atoms with Gasteiger partial charge in [-0.25, -0.2) is 9.78 Å². The van der Waals surface area contributed by atoms with Crippen LogP contribution in [-0.2, 0) is 20.7 Å². The van der Waals surface area contributed by atoms with Crippen LogP contribution in [-0.4, -0.2) is 30.6 Å². The smallest absolute Gasteiger partial charge is 0.333 e. The molecule has 3 rings (SSSR count). The third kappa shape index (κ3) is 8.06. The molecule has 0 radical (unpaired) electrons. The van der Waals surface area contributed by atoms with Crippen LogP contribution >= 0.6 is 11.3 Å². The summed E-state index contributed by atoms with van der Waals surface area (Å²) >= 11 is 1.54. The van der Waals surface area contributed by atoms with E-state index in [0.717, 1.165) is 53.3 Å². The number of thiazole rings is 1. The lowest BCUT2D eigenvalue weighted by Gasteiger charge is -2.24. The average Bonchev–Trinajstić information content (AvgIpc) is 3.32. The van der Waals surface area contributed by atoms with Crippen LogP contribution < -0.4 is 10.1 Å². The minimum Gasteiger partial charge on any atom is -0.497 e. The van der Waals surface area contributed by atoms with Crippen LogP contribution in [0.15, 0.2) is 46.9 Å². The van der Waals surface area contributed by atoms with Gasteiger partial charge in [-0.2, -0.15) is 0 Å². The van der Waals surface area contributed by atoms with Crippen LogP contribution in [0, 0.1) is 5.92 Å². The highest BCUT2D eigenvalue weighted by Crippen LogP contribution is 2.28. The summed E-state index contributed by atoms with van der Waals surface area (Å²) in [5.41, 5.74) is 3.37. The van der Waals surface area contributed by atoms with Gasteiger partial charge in [0.25, 0.3) is 0 Å². The number of carbonyl (C=O) groups excluding carboxylic acids is 2. The van der Waals surface area contributed by atoms with Gasteiger partial charge in [0.1, 0.15) is 10.8 Å². The second-order valence-electron chi connectivity index (χ2n) is 9.00. The minimum atomic E-state index is -0.316. The number of nitrogens with one attached hydrogen (secondary N) is 1. The maximum Gasteiger partial charge on any atom is 0.333 e. The van der Waals surface area contributed by atoms with Gasteiger partial charge in [-0.1, -0.05) is 31.4 Å². The van der Waals surface area contributed by atoms with Gasteiger partial charge in [0.05, 0.1) is 25.5 Å². The lowest BCUT2D eigenvalue weighted by atomic mass is 9.88. The lowest BCUT2D eigenvalue weighted by Crippen LogP contribution is -2.35. The van der Waals surface area contributed by atoms with E-state index < -0.39 is 0 Å². The van der Waals surface area contributed by atoms with Gasteiger partial charge >= 0.3 is 5.97 Å². The highest BCUT2D eigenvalue weighted by Gasteiger charge is 2.25. The number of benzene rings is 1. The molecule has 1 amide bonds. The Morgan fingerprint density at radius 3 is 2.54 bits per heavy atom. The molecule has 0 bridgehead atoms. The molecule has 1 aromatic heterocycles. The van der Waals surface area contributed by atoms with Crippen molar-refractivity contribution in [3.8, 4) is 5.75 Å². The first-order valence-electron chi connectivity index (χ1n) is 12.3. The number of esters is 1. The van der Waals surface area contributed by atoms with Gasteiger partial charge in [-0.15, -0.1) is 11.3 Å². The molecular formula is C28H36N2O4S. The number of ether oxygens (including phenoxy) is 2.